The highest BCUT2D eigenvalue weighted by Crippen LogP contribution is 2.28. The Balaban J connectivity index is 1.50. The SMILES string of the molecule is Cc1cc(C(=O)N2CCN(c3ccc4ncnc(OC(C)C)c4c3)CC2)no1. The molecular weight excluding hydrogens is 358 g/mol. The summed E-state index contributed by atoms with van der Waals surface area (Å²) in [5.74, 6) is 1.15. The van der Waals surface area contributed by atoms with Gasteiger partial charge in [-0.1, -0.05) is 5.16 Å². The molecule has 2 aromatic heterocycles. The highest BCUT2D eigenvalue weighted by Gasteiger charge is 2.24. The van der Waals surface area contributed by atoms with Gasteiger partial charge in [0.15, 0.2) is 5.69 Å². The monoisotopic (exact) mass is 381 g/mol. The maximum absolute atomic E-state index is 12.5. The van der Waals surface area contributed by atoms with Crippen molar-refractivity contribution in [1.29, 1.82) is 0 Å². The van der Waals surface area contributed by atoms with Crippen LogP contribution in [-0.2, 0) is 0 Å². The molecule has 1 aromatic carbocycles. The van der Waals surface area contributed by atoms with Crippen LogP contribution in [0.15, 0.2) is 35.1 Å². The number of anilines is 1. The Kier molecular flexibility index (Phi) is 4.85. The summed E-state index contributed by atoms with van der Waals surface area (Å²) in [7, 11) is 0. The fourth-order valence-electron chi connectivity index (χ4n) is 3.33. The van der Waals surface area contributed by atoms with Crippen molar-refractivity contribution in [3.05, 3.63) is 42.0 Å². The molecular formula is C20H23N5O3. The van der Waals surface area contributed by atoms with E-state index in [4.69, 9.17) is 9.26 Å². The van der Waals surface area contributed by atoms with Crippen LogP contribution in [0.3, 0.4) is 0 Å². The Morgan fingerprint density at radius 1 is 1.14 bits per heavy atom. The third kappa shape index (κ3) is 3.62. The lowest BCUT2D eigenvalue weighted by Gasteiger charge is -2.35. The second kappa shape index (κ2) is 7.46. The lowest BCUT2D eigenvalue weighted by atomic mass is 10.1. The summed E-state index contributed by atoms with van der Waals surface area (Å²) < 4.78 is 10.8. The van der Waals surface area contributed by atoms with Gasteiger partial charge in [0.25, 0.3) is 5.91 Å². The first-order valence-corrected chi connectivity index (χ1v) is 9.40. The van der Waals surface area contributed by atoms with Crippen LogP contribution in [0, 0.1) is 6.92 Å². The van der Waals surface area contributed by atoms with E-state index in [-0.39, 0.29) is 12.0 Å². The van der Waals surface area contributed by atoms with Crippen molar-refractivity contribution >= 4 is 22.5 Å². The normalized spacial score (nSPS) is 14.7. The van der Waals surface area contributed by atoms with Gasteiger partial charge in [0.1, 0.15) is 12.1 Å². The summed E-state index contributed by atoms with van der Waals surface area (Å²) in [5, 5.41) is 4.72. The Morgan fingerprint density at radius 3 is 2.61 bits per heavy atom. The van der Waals surface area contributed by atoms with E-state index in [1.165, 1.54) is 6.33 Å². The molecule has 3 aromatic rings. The number of fused-ring (bicyclic) bond motifs is 1. The number of hydrogen-bond donors (Lipinski definition) is 0. The van der Waals surface area contributed by atoms with Gasteiger partial charge in [-0.15, -0.1) is 0 Å². The molecule has 8 heteroatoms. The van der Waals surface area contributed by atoms with E-state index in [1.807, 2.05) is 30.9 Å². The van der Waals surface area contributed by atoms with Crippen LogP contribution in [-0.4, -0.2) is 58.2 Å². The number of amides is 1. The number of hydrogen-bond acceptors (Lipinski definition) is 7. The number of benzene rings is 1. The Morgan fingerprint density at radius 2 is 1.93 bits per heavy atom. The molecule has 0 saturated carbocycles. The minimum atomic E-state index is -0.0870. The van der Waals surface area contributed by atoms with Crippen molar-refractivity contribution in [3.63, 3.8) is 0 Å². The van der Waals surface area contributed by atoms with E-state index >= 15 is 0 Å². The number of piperazine rings is 1. The number of aryl methyl sites for hydroxylation is 1. The van der Waals surface area contributed by atoms with E-state index in [9.17, 15) is 4.79 Å². The van der Waals surface area contributed by atoms with Crippen LogP contribution in [0.2, 0.25) is 0 Å². The summed E-state index contributed by atoms with van der Waals surface area (Å²) in [5.41, 5.74) is 2.29. The average molecular weight is 381 g/mol. The molecule has 0 atom stereocenters. The molecule has 0 aliphatic carbocycles. The number of ether oxygens (including phenoxy) is 1. The van der Waals surface area contributed by atoms with Gasteiger partial charge in [-0.3, -0.25) is 4.79 Å². The molecule has 146 valence electrons. The summed E-state index contributed by atoms with van der Waals surface area (Å²) in [6, 6.07) is 7.77. The van der Waals surface area contributed by atoms with Crippen molar-refractivity contribution in [2.45, 2.75) is 26.9 Å². The lowest BCUT2D eigenvalue weighted by molar-refractivity contribution is 0.0736. The molecule has 0 radical (unpaired) electrons. The smallest absolute Gasteiger partial charge is 0.276 e. The molecule has 0 unspecified atom stereocenters. The van der Waals surface area contributed by atoms with Gasteiger partial charge in [-0.2, -0.15) is 0 Å². The molecule has 0 N–H and O–H groups in total. The fourth-order valence-corrected chi connectivity index (χ4v) is 3.33. The first kappa shape index (κ1) is 18.2. The molecule has 8 nitrogen and oxygen atoms in total. The van der Waals surface area contributed by atoms with Crippen LogP contribution in [0.4, 0.5) is 5.69 Å². The van der Waals surface area contributed by atoms with E-state index in [0.717, 1.165) is 29.7 Å². The highest BCUT2D eigenvalue weighted by molar-refractivity contribution is 5.92. The summed E-state index contributed by atoms with van der Waals surface area (Å²) >= 11 is 0. The highest BCUT2D eigenvalue weighted by atomic mass is 16.5. The molecule has 28 heavy (non-hydrogen) atoms. The van der Waals surface area contributed by atoms with Gasteiger partial charge in [0.2, 0.25) is 5.88 Å². The van der Waals surface area contributed by atoms with E-state index < -0.39 is 0 Å². The first-order valence-electron chi connectivity index (χ1n) is 9.40. The maximum atomic E-state index is 12.5. The molecule has 1 aliphatic heterocycles. The number of carbonyl (C=O) groups is 1. The van der Waals surface area contributed by atoms with Gasteiger partial charge in [0, 0.05) is 37.9 Å². The number of nitrogens with zero attached hydrogens (tertiary/aromatic N) is 5. The zero-order valence-corrected chi connectivity index (χ0v) is 16.3. The molecule has 1 amide bonds. The molecule has 4 rings (SSSR count). The van der Waals surface area contributed by atoms with Crippen molar-refractivity contribution in [3.8, 4) is 5.88 Å². The zero-order valence-electron chi connectivity index (χ0n) is 16.3. The summed E-state index contributed by atoms with van der Waals surface area (Å²) in [4.78, 5) is 25.2. The Bertz CT molecular complexity index is 992. The number of aromatic nitrogens is 3. The van der Waals surface area contributed by atoms with E-state index in [0.29, 0.717) is 30.4 Å². The van der Waals surface area contributed by atoms with Crippen molar-refractivity contribution in [1.82, 2.24) is 20.0 Å². The quantitative estimate of drug-likeness (QED) is 0.687. The first-order chi connectivity index (χ1) is 13.5. The molecule has 0 bridgehead atoms. The predicted octanol–water partition coefficient (Wildman–Crippen LogP) is 2.68. The number of carbonyl (C=O) groups excluding carboxylic acids is 1. The van der Waals surface area contributed by atoms with Crippen LogP contribution >= 0.6 is 0 Å². The van der Waals surface area contributed by atoms with Gasteiger partial charge in [-0.25, -0.2) is 9.97 Å². The largest absolute Gasteiger partial charge is 0.474 e. The summed E-state index contributed by atoms with van der Waals surface area (Å²) in [6.07, 6.45) is 1.56. The van der Waals surface area contributed by atoms with Crippen molar-refractivity contribution in [2.24, 2.45) is 0 Å². The molecule has 0 spiro atoms. The molecule has 1 saturated heterocycles. The molecule has 3 heterocycles. The van der Waals surface area contributed by atoms with Crippen LogP contribution in [0.25, 0.3) is 10.9 Å². The van der Waals surface area contributed by atoms with Crippen LogP contribution in [0.1, 0.15) is 30.1 Å². The van der Waals surface area contributed by atoms with Crippen molar-refractivity contribution in [2.75, 3.05) is 31.1 Å². The molecule has 1 aliphatic rings. The molecule has 1 fully saturated rings. The minimum Gasteiger partial charge on any atom is -0.474 e. The van der Waals surface area contributed by atoms with Crippen LogP contribution < -0.4 is 9.64 Å². The minimum absolute atomic E-state index is 0.0384. The van der Waals surface area contributed by atoms with E-state index in [2.05, 4.69) is 26.1 Å². The fraction of sp³-hybridized carbons (Fsp3) is 0.400. The van der Waals surface area contributed by atoms with Crippen molar-refractivity contribution < 1.29 is 14.1 Å². The lowest BCUT2D eigenvalue weighted by Crippen LogP contribution is -2.48. The second-order valence-electron chi connectivity index (χ2n) is 7.15. The second-order valence-corrected chi connectivity index (χ2v) is 7.15. The van der Waals surface area contributed by atoms with E-state index in [1.54, 1.807) is 13.0 Å². The third-order valence-electron chi connectivity index (χ3n) is 4.71. The Labute approximate surface area is 163 Å². The predicted molar refractivity (Wildman–Crippen MR) is 105 cm³/mol. The van der Waals surface area contributed by atoms with Gasteiger partial charge in [-0.05, 0) is 39.0 Å². The van der Waals surface area contributed by atoms with Gasteiger partial charge < -0.3 is 19.1 Å². The van der Waals surface area contributed by atoms with Crippen LogP contribution in [0.5, 0.6) is 5.88 Å². The van der Waals surface area contributed by atoms with Gasteiger partial charge in [0.05, 0.1) is 17.0 Å². The maximum Gasteiger partial charge on any atom is 0.276 e. The topological polar surface area (TPSA) is 84.6 Å². The third-order valence-corrected chi connectivity index (χ3v) is 4.71. The summed E-state index contributed by atoms with van der Waals surface area (Å²) in [6.45, 7) is 8.47. The standard InChI is InChI=1S/C20H23N5O3/c1-13(2)27-19-16-11-15(4-5-17(16)21-12-22-19)24-6-8-25(9-7-24)20(26)18-10-14(3)28-23-18/h4-5,10-13H,6-9H2,1-3H3. The van der Waals surface area contributed by atoms with Gasteiger partial charge >= 0.3 is 0 Å². The number of rotatable bonds is 4. The average Bonchev–Trinajstić information content (AvgIpc) is 3.13. The zero-order chi connectivity index (χ0) is 19.7. The Hall–Kier alpha value is -3.16.